The van der Waals surface area contributed by atoms with Crippen LogP contribution in [-0.2, 0) is 17.9 Å². The lowest BCUT2D eigenvalue weighted by molar-refractivity contribution is 0.0374. The average Bonchev–Trinajstić information content (AvgIpc) is 2.69. The number of nitrogens with zero attached hydrogens (tertiary/aromatic N) is 1. The van der Waals surface area contributed by atoms with Crippen LogP contribution in [0.15, 0.2) is 51.4 Å². The number of halogens is 4. The van der Waals surface area contributed by atoms with Crippen LogP contribution < -0.4 is 10.1 Å². The monoisotopic (exact) mass is 568 g/mol. The van der Waals surface area contributed by atoms with Crippen LogP contribution in [0.5, 0.6) is 5.75 Å². The molecule has 8 heteroatoms. The van der Waals surface area contributed by atoms with E-state index in [1.165, 1.54) is 5.56 Å². The van der Waals surface area contributed by atoms with Crippen molar-refractivity contribution in [2.24, 2.45) is 0 Å². The highest BCUT2D eigenvalue weighted by atomic mass is 79.9. The van der Waals surface area contributed by atoms with Gasteiger partial charge in [-0.25, -0.2) is 0 Å². The predicted molar refractivity (Wildman–Crippen MR) is 131 cm³/mol. The summed E-state index contributed by atoms with van der Waals surface area (Å²) in [6.07, 6.45) is 1.15. The normalized spacial score (nSPS) is 14.0. The highest BCUT2D eigenvalue weighted by Crippen LogP contribution is 2.35. The summed E-state index contributed by atoms with van der Waals surface area (Å²) in [6.45, 7) is 7.41. The fourth-order valence-electron chi connectivity index (χ4n) is 3.07. The Morgan fingerprint density at radius 3 is 2.28 bits per heavy atom. The first kappa shape index (κ1) is 26.7. The third-order valence-corrected chi connectivity index (χ3v) is 5.72. The first-order chi connectivity index (χ1) is 13.2. The first-order valence-electron chi connectivity index (χ1n) is 9.38. The summed E-state index contributed by atoms with van der Waals surface area (Å²) < 4.78 is 13.3. The van der Waals surface area contributed by atoms with Crippen LogP contribution in [0, 0.1) is 0 Å². The molecule has 1 N–H and O–H groups in total. The summed E-state index contributed by atoms with van der Waals surface area (Å²) in [5.74, 6) is 0.843. The molecule has 0 saturated carbocycles. The van der Waals surface area contributed by atoms with E-state index in [-0.39, 0.29) is 24.8 Å². The molecular formula is C21H28Br2Cl2N2O2. The van der Waals surface area contributed by atoms with Gasteiger partial charge in [0.15, 0.2) is 0 Å². The van der Waals surface area contributed by atoms with Gasteiger partial charge in [-0.2, -0.15) is 0 Å². The van der Waals surface area contributed by atoms with Gasteiger partial charge >= 0.3 is 0 Å². The van der Waals surface area contributed by atoms with E-state index < -0.39 is 0 Å². The van der Waals surface area contributed by atoms with E-state index in [2.05, 4.69) is 66.3 Å². The SMILES string of the molecule is Brc1cc(CNCCCN2CCOCC2)cc(Br)c1OCc1ccccc1.Cl.Cl. The summed E-state index contributed by atoms with van der Waals surface area (Å²) in [5.41, 5.74) is 2.38. The number of benzene rings is 2. The number of hydrogen-bond donors (Lipinski definition) is 1. The molecular weight excluding hydrogens is 543 g/mol. The van der Waals surface area contributed by atoms with Crippen molar-refractivity contribution in [1.82, 2.24) is 10.2 Å². The van der Waals surface area contributed by atoms with Gasteiger partial charge in [0.2, 0.25) is 0 Å². The number of rotatable bonds is 9. The molecule has 0 unspecified atom stereocenters. The standard InChI is InChI=1S/C21H26Br2N2O2.2ClH/c22-19-13-18(15-24-7-4-8-25-9-11-26-12-10-25)14-20(23)21(19)27-16-17-5-2-1-3-6-17;;/h1-3,5-6,13-14,24H,4,7-12,15-16H2;2*1H. The van der Waals surface area contributed by atoms with E-state index in [9.17, 15) is 0 Å². The topological polar surface area (TPSA) is 33.7 Å². The zero-order chi connectivity index (χ0) is 18.9. The molecule has 0 atom stereocenters. The van der Waals surface area contributed by atoms with Gasteiger partial charge in [-0.05, 0) is 74.6 Å². The molecule has 2 aromatic carbocycles. The minimum absolute atomic E-state index is 0. The molecule has 3 rings (SSSR count). The molecule has 1 saturated heterocycles. The van der Waals surface area contributed by atoms with Crippen LogP contribution in [0.2, 0.25) is 0 Å². The van der Waals surface area contributed by atoms with Crippen molar-refractivity contribution in [2.45, 2.75) is 19.6 Å². The smallest absolute Gasteiger partial charge is 0.148 e. The third kappa shape index (κ3) is 9.13. The quantitative estimate of drug-likeness (QED) is 0.407. The van der Waals surface area contributed by atoms with Crippen LogP contribution in [0.1, 0.15) is 17.5 Å². The molecule has 0 aliphatic carbocycles. The van der Waals surface area contributed by atoms with Crippen LogP contribution in [0.25, 0.3) is 0 Å². The largest absolute Gasteiger partial charge is 0.487 e. The lowest BCUT2D eigenvalue weighted by atomic mass is 10.2. The fraction of sp³-hybridized carbons (Fsp3) is 0.429. The van der Waals surface area contributed by atoms with E-state index in [1.807, 2.05) is 18.2 Å². The van der Waals surface area contributed by atoms with Crippen molar-refractivity contribution in [3.05, 3.63) is 62.5 Å². The Hall–Kier alpha value is -0.340. The minimum Gasteiger partial charge on any atom is -0.487 e. The van der Waals surface area contributed by atoms with Crippen LogP contribution in [0.4, 0.5) is 0 Å². The Bertz CT molecular complexity index is 694. The maximum atomic E-state index is 5.99. The molecule has 29 heavy (non-hydrogen) atoms. The van der Waals surface area contributed by atoms with Crippen molar-refractivity contribution < 1.29 is 9.47 Å². The van der Waals surface area contributed by atoms with Crippen molar-refractivity contribution >= 4 is 56.7 Å². The average molecular weight is 571 g/mol. The van der Waals surface area contributed by atoms with Crippen LogP contribution >= 0.6 is 56.7 Å². The van der Waals surface area contributed by atoms with Crippen molar-refractivity contribution in [3.8, 4) is 5.75 Å². The second-order valence-corrected chi connectivity index (χ2v) is 8.36. The van der Waals surface area contributed by atoms with Gasteiger partial charge < -0.3 is 14.8 Å². The summed E-state index contributed by atoms with van der Waals surface area (Å²) in [5, 5.41) is 3.53. The number of ether oxygens (including phenoxy) is 2. The van der Waals surface area contributed by atoms with Gasteiger partial charge in [0.1, 0.15) is 12.4 Å². The molecule has 0 bridgehead atoms. The molecule has 1 aliphatic heterocycles. The van der Waals surface area contributed by atoms with Gasteiger partial charge in [-0.3, -0.25) is 4.90 Å². The van der Waals surface area contributed by atoms with Gasteiger partial charge in [0.25, 0.3) is 0 Å². The lowest BCUT2D eigenvalue weighted by Crippen LogP contribution is -2.37. The molecule has 1 heterocycles. The molecule has 0 amide bonds. The molecule has 0 spiro atoms. The van der Waals surface area contributed by atoms with E-state index in [0.29, 0.717) is 6.61 Å². The molecule has 1 fully saturated rings. The van der Waals surface area contributed by atoms with E-state index in [4.69, 9.17) is 9.47 Å². The molecule has 1 aliphatic rings. The number of nitrogens with one attached hydrogen (secondary N) is 1. The van der Waals surface area contributed by atoms with Crippen molar-refractivity contribution in [3.63, 3.8) is 0 Å². The summed E-state index contributed by atoms with van der Waals surface area (Å²) in [7, 11) is 0. The molecule has 4 nitrogen and oxygen atoms in total. The second-order valence-electron chi connectivity index (χ2n) is 6.65. The zero-order valence-electron chi connectivity index (χ0n) is 16.2. The van der Waals surface area contributed by atoms with Crippen LogP contribution in [-0.4, -0.2) is 44.3 Å². The Morgan fingerprint density at radius 2 is 1.62 bits per heavy atom. The minimum atomic E-state index is 0. The molecule has 162 valence electrons. The van der Waals surface area contributed by atoms with Gasteiger partial charge in [-0.1, -0.05) is 30.3 Å². The summed E-state index contributed by atoms with van der Waals surface area (Å²) in [6, 6.07) is 14.4. The van der Waals surface area contributed by atoms with E-state index in [0.717, 1.165) is 72.6 Å². The van der Waals surface area contributed by atoms with Gasteiger partial charge in [-0.15, -0.1) is 24.8 Å². The molecule has 0 radical (unpaired) electrons. The maximum Gasteiger partial charge on any atom is 0.148 e. The molecule has 0 aromatic heterocycles. The van der Waals surface area contributed by atoms with E-state index >= 15 is 0 Å². The van der Waals surface area contributed by atoms with Crippen LogP contribution in [0.3, 0.4) is 0 Å². The highest BCUT2D eigenvalue weighted by molar-refractivity contribution is 9.11. The maximum absolute atomic E-state index is 5.99. The zero-order valence-corrected chi connectivity index (χ0v) is 21.0. The Kier molecular flexibility index (Phi) is 13.5. The highest BCUT2D eigenvalue weighted by Gasteiger charge is 2.11. The van der Waals surface area contributed by atoms with Gasteiger partial charge in [0.05, 0.1) is 22.2 Å². The third-order valence-electron chi connectivity index (χ3n) is 4.54. The fourth-order valence-corrected chi connectivity index (χ4v) is 4.58. The van der Waals surface area contributed by atoms with Gasteiger partial charge in [0, 0.05) is 19.6 Å². The summed E-state index contributed by atoms with van der Waals surface area (Å²) in [4.78, 5) is 2.47. The van der Waals surface area contributed by atoms with Crippen molar-refractivity contribution in [1.29, 1.82) is 0 Å². The number of morpholine rings is 1. The lowest BCUT2D eigenvalue weighted by Gasteiger charge is -2.26. The molecule has 2 aromatic rings. The predicted octanol–water partition coefficient (Wildman–Crippen LogP) is 5.45. The second kappa shape index (κ2) is 14.6. The Balaban J connectivity index is 0.00000210. The Morgan fingerprint density at radius 1 is 0.966 bits per heavy atom. The first-order valence-corrected chi connectivity index (χ1v) is 11.0. The Labute approximate surface area is 202 Å². The van der Waals surface area contributed by atoms with E-state index in [1.54, 1.807) is 0 Å². The number of hydrogen-bond acceptors (Lipinski definition) is 4. The summed E-state index contributed by atoms with van der Waals surface area (Å²) >= 11 is 7.29. The van der Waals surface area contributed by atoms with Crippen molar-refractivity contribution in [2.75, 3.05) is 39.4 Å².